The summed E-state index contributed by atoms with van der Waals surface area (Å²) in [6.07, 6.45) is 6.18. The summed E-state index contributed by atoms with van der Waals surface area (Å²) in [5.74, 6) is -0.912. The first-order valence-corrected chi connectivity index (χ1v) is 10.1. The van der Waals surface area contributed by atoms with Gasteiger partial charge >= 0.3 is 0 Å². The summed E-state index contributed by atoms with van der Waals surface area (Å²) in [4.78, 5) is 17.2. The van der Waals surface area contributed by atoms with Gasteiger partial charge < -0.3 is 9.80 Å². The summed E-state index contributed by atoms with van der Waals surface area (Å²) < 4.78 is 28.0. The molecule has 0 N–H and O–H groups in total. The van der Waals surface area contributed by atoms with Gasteiger partial charge in [-0.1, -0.05) is 11.6 Å². The van der Waals surface area contributed by atoms with Crippen molar-refractivity contribution in [3.05, 3.63) is 51.4 Å². The molecule has 8 heteroatoms. The summed E-state index contributed by atoms with van der Waals surface area (Å²) in [7, 11) is 0. The van der Waals surface area contributed by atoms with Crippen LogP contribution in [0.5, 0.6) is 0 Å². The molecule has 0 radical (unpaired) electrons. The first-order chi connectivity index (χ1) is 13.5. The maximum Gasteiger partial charge on any atom is 0.292 e. The summed E-state index contributed by atoms with van der Waals surface area (Å²) in [6, 6.07) is 2.98. The minimum Gasteiger partial charge on any atom is -0.369 e. The zero-order valence-electron chi connectivity index (χ0n) is 15.6. The Bertz CT molecular complexity index is 906. The van der Waals surface area contributed by atoms with Crippen molar-refractivity contribution in [3.8, 4) is 5.69 Å². The van der Waals surface area contributed by atoms with E-state index in [4.69, 9.17) is 11.6 Å². The van der Waals surface area contributed by atoms with Crippen LogP contribution in [-0.2, 0) is 0 Å². The van der Waals surface area contributed by atoms with Gasteiger partial charge in [0.15, 0.2) is 5.82 Å². The Labute approximate surface area is 167 Å². The van der Waals surface area contributed by atoms with Crippen molar-refractivity contribution < 1.29 is 8.78 Å². The molecule has 2 aromatic rings. The first-order valence-electron chi connectivity index (χ1n) is 9.73. The van der Waals surface area contributed by atoms with Crippen LogP contribution in [0, 0.1) is 17.6 Å². The maximum atomic E-state index is 14.0. The average Bonchev–Trinajstić information content (AvgIpc) is 3.18. The van der Waals surface area contributed by atoms with E-state index in [0.717, 1.165) is 49.3 Å². The second kappa shape index (κ2) is 8.17. The van der Waals surface area contributed by atoms with Crippen LogP contribution in [0.4, 0.5) is 14.5 Å². The molecule has 1 aromatic carbocycles. The third-order valence-corrected chi connectivity index (χ3v) is 6.06. The second-order valence-electron chi connectivity index (χ2n) is 7.59. The summed E-state index contributed by atoms with van der Waals surface area (Å²) in [5, 5.41) is 4.10. The van der Waals surface area contributed by atoms with Crippen molar-refractivity contribution in [3.63, 3.8) is 0 Å². The minimum absolute atomic E-state index is 0.0108. The van der Waals surface area contributed by atoms with Gasteiger partial charge in [-0.2, -0.15) is 9.78 Å². The predicted octanol–water partition coefficient (Wildman–Crippen LogP) is 3.48. The van der Waals surface area contributed by atoms with Gasteiger partial charge in [-0.15, -0.1) is 0 Å². The molecule has 28 heavy (non-hydrogen) atoms. The van der Waals surface area contributed by atoms with Crippen LogP contribution in [0.25, 0.3) is 5.69 Å². The highest BCUT2D eigenvalue weighted by atomic mass is 35.5. The number of piperidine rings is 1. The topological polar surface area (TPSA) is 41.4 Å². The normalized spacial score (nSPS) is 18.8. The molecule has 0 atom stereocenters. The molecule has 2 saturated heterocycles. The Morgan fingerprint density at radius 2 is 1.79 bits per heavy atom. The summed E-state index contributed by atoms with van der Waals surface area (Å²) in [5.41, 5.74) is -0.155. The zero-order chi connectivity index (χ0) is 19.7. The Balaban J connectivity index is 1.49. The molecule has 4 rings (SSSR count). The number of aromatic nitrogens is 2. The molecule has 0 spiro atoms. The lowest BCUT2D eigenvalue weighted by Gasteiger charge is -2.35. The van der Waals surface area contributed by atoms with Gasteiger partial charge in [-0.3, -0.25) is 4.79 Å². The Morgan fingerprint density at radius 1 is 1.07 bits per heavy atom. The van der Waals surface area contributed by atoms with Crippen LogP contribution < -0.4 is 10.5 Å². The molecule has 1 aromatic heterocycles. The number of nitrogens with zero attached hydrogens (tertiary/aromatic N) is 4. The van der Waals surface area contributed by atoms with Crippen molar-refractivity contribution in [1.82, 2.24) is 14.7 Å². The van der Waals surface area contributed by atoms with E-state index in [1.54, 1.807) is 0 Å². The van der Waals surface area contributed by atoms with E-state index in [0.29, 0.717) is 11.6 Å². The van der Waals surface area contributed by atoms with Crippen molar-refractivity contribution in [1.29, 1.82) is 0 Å². The molecule has 2 aliphatic heterocycles. The van der Waals surface area contributed by atoms with Gasteiger partial charge in [0.05, 0.1) is 11.9 Å². The number of anilines is 1. The van der Waals surface area contributed by atoms with Crippen molar-refractivity contribution in [2.24, 2.45) is 5.92 Å². The van der Waals surface area contributed by atoms with Gasteiger partial charge in [0.1, 0.15) is 16.5 Å². The van der Waals surface area contributed by atoms with E-state index in [2.05, 4.69) is 14.9 Å². The lowest BCUT2D eigenvalue weighted by Crippen LogP contribution is -2.39. The van der Waals surface area contributed by atoms with Gasteiger partial charge in [0, 0.05) is 25.7 Å². The monoisotopic (exact) mass is 408 g/mol. The maximum absolute atomic E-state index is 14.0. The van der Waals surface area contributed by atoms with E-state index in [1.807, 2.05) is 0 Å². The molecule has 0 saturated carbocycles. The number of rotatable bonds is 4. The van der Waals surface area contributed by atoms with Gasteiger partial charge in [0.2, 0.25) is 0 Å². The Hall–Kier alpha value is -1.99. The Kier molecular flexibility index (Phi) is 5.64. The van der Waals surface area contributed by atoms with E-state index >= 15 is 0 Å². The quantitative estimate of drug-likeness (QED) is 0.776. The third-order valence-electron chi connectivity index (χ3n) is 5.71. The molecule has 2 fully saturated rings. The largest absolute Gasteiger partial charge is 0.369 e. The summed E-state index contributed by atoms with van der Waals surface area (Å²) >= 11 is 6.32. The average molecular weight is 409 g/mol. The molecule has 0 bridgehead atoms. The Morgan fingerprint density at radius 3 is 2.46 bits per heavy atom. The van der Waals surface area contributed by atoms with Gasteiger partial charge in [-0.25, -0.2) is 8.78 Å². The van der Waals surface area contributed by atoms with Crippen LogP contribution >= 0.6 is 11.6 Å². The van der Waals surface area contributed by atoms with Crippen LogP contribution in [0.1, 0.15) is 25.7 Å². The predicted molar refractivity (Wildman–Crippen MR) is 105 cm³/mol. The second-order valence-corrected chi connectivity index (χ2v) is 7.97. The first kappa shape index (κ1) is 19.3. The smallest absolute Gasteiger partial charge is 0.292 e. The highest BCUT2D eigenvalue weighted by molar-refractivity contribution is 6.33. The van der Waals surface area contributed by atoms with Gasteiger partial charge in [-0.05, 0) is 56.8 Å². The van der Waals surface area contributed by atoms with E-state index in [1.165, 1.54) is 38.2 Å². The van der Waals surface area contributed by atoms with E-state index in [9.17, 15) is 13.6 Å². The van der Waals surface area contributed by atoms with E-state index < -0.39 is 17.2 Å². The van der Waals surface area contributed by atoms with Crippen LogP contribution in [0.15, 0.2) is 29.2 Å². The fourth-order valence-corrected chi connectivity index (χ4v) is 4.40. The molecule has 2 aliphatic rings. The molecule has 0 unspecified atom stereocenters. The molecular weight excluding hydrogens is 386 g/mol. The highest BCUT2D eigenvalue weighted by Gasteiger charge is 2.25. The number of benzene rings is 1. The highest BCUT2D eigenvalue weighted by Crippen LogP contribution is 2.28. The molecule has 5 nitrogen and oxygen atoms in total. The zero-order valence-corrected chi connectivity index (χ0v) is 16.3. The van der Waals surface area contributed by atoms with Crippen molar-refractivity contribution >= 4 is 17.3 Å². The SMILES string of the molecule is O=c1c(Cl)c(N2CCC(CN3CCCC3)CC2)cnn1-c1ccc(F)cc1F. The number of halogens is 3. The lowest BCUT2D eigenvalue weighted by atomic mass is 9.96. The molecular formula is C20H23ClF2N4O. The van der Waals surface area contributed by atoms with Crippen LogP contribution in [-0.4, -0.2) is 47.4 Å². The van der Waals surface area contributed by atoms with Gasteiger partial charge in [0.25, 0.3) is 5.56 Å². The number of hydrogen-bond donors (Lipinski definition) is 0. The molecule has 0 amide bonds. The van der Waals surface area contributed by atoms with Crippen LogP contribution in [0.3, 0.4) is 0 Å². The third kappa shape index (κ3) is 3.91. The fraction of sp³-hybridized carbons (Fsp3) is 0.500. The van der Waals surface area contributed by atoms with Crippen molar-refractivity contribution in [2.45, 2.75) is 25.7 Å². The lowest BCUT2D eigenvalue weighted by molar-refractivity contribution is 0.249. The standard InChI is InChI=1S/C20H23ClF2N4O/c21-19-18(26-9-5-14(6-10-26)13-25-7-1-2-8-25)12-24-27(20(19)28)17-4-3-15(22)11-16(17)23/h3-4,11-12,14H,1-2,5-10,13H2. The number of hydrogen-bond acceptors (Lipinski definition) is 4. The fourth-order valence-electron chi connectivity index (χ4n) is 4.16. The molecule has 0 aliphatic carbocycles. The minimum atomic E-state index is -0.860. The molecule has 150 valence electrons. The van der Waals surface area contributed by atoms with Crippen LogP contribution in [0.2, 0.25) is 5.02 Å². The summed E-state index contributed by atoms with van der Waals surface area (Å²) in [6.45, 7) is 5.18. The van der Waals surface area contributed by atoms with Crippen molar-refractivity contribution in [2.75, 3.05) is 37.6 Å². The molecule has 3 heterocycles. The van der Waals surface area contributed by atoms with E-state index in [-0.39, 0.29) is 10.7 Å². The number of likely N-dealkylation sites (tertiary alicyclic amines) is 1.